The third-order valence-corrected chi connectivity index (χ3v) is 3.53. The summed E-state index contributed by atoms with van der Waals surface area (Å²) in [5.74, 6) is 0.0569. The molecule has 1 saturated heterocycles. The Morgan fingerprint density at radius 1 is 1.25 bits per heavy atom. The SMILES string of the molecule is C=C[C@@H](c1ccc(OC(F)(F)F)cc1OC)N1CCNCC1.Cl.Cl. The first-order valence-corrected chi connectivity index (χ1v) is 6.95. The molecule has 2 rings (SSSR count). The quantitative estimate of drug-likeness (QED) is 0.781. The average molecular weight is 389 g/mol. The highest BCUT2D eigenvalue weighted by Gasteiger charge is 2.32. The van der Waals surface area contributed by atoms with Crippen LogP contribution in [-0.4, -0.2) is 44.6 Å². The van der Waals surface area contributed by atoms with Crippen LogP contribution in [0, 0.1) is 0 Å². The minimum atomic E-state index is -4.72. The molecule has 0 spiro atoms. The molecule has 4 nitrogen and oxygen atoms in total. The first kappa shape index (κ1) is 22.9. The third-order valence-electron chi connectivity index (χ3n) is 3.53. The zero-order valence-electron chi connectivity index (χ0n) is 13.1. The van der Waals surface area contributed by atoms with Crippen molar-refractivity contribution < 1.29 is 22.6 Å². The predicted octanol–water partition coefficient (Wildman–Crippen LogP) is 3.57. The van der Waals surface area contributed by atoms with Crippen LogP contribution in [0.2, 0.25) is 0 Å². The number of hydrogen-bond acceptors (Lipinski definition) is 4. The number of nitrogens with zero attached hydrogens (tertiary/aromatic N) is 1. The summed E-state index contributed by atoms with van der Waals surface area (Å²) < 4.78 is 46.1. The minimum absolute atomic E-state index is 0. The second kappa shape index (κ2) is 9.98. The number of ether oxygens (including phenoxy) is 2. The predicted molar refractivity (Wildman–Crippen MR) is 91.6 cm³/mol. The summed E-state index contributed by atoms with van der Waals surface area (Å²) >= 11 is 0. The summed E-state index contributed by atoms with van der Waals surface area (Å²) in [6.07, 6.45) is -2.95. The maximum Gasteiger partial charge on any atom is 0.573 e. The third kappa shape index (κ3) is 6.05. The van der Waals surface area contributed by atoms with Crippen molar-refractivity contribution in [2.45, 2.75) is 12.4 Å². The molecule has 1 N–H and O–H groups in total. The zero-order chi connectivity index (χ0) is 16.2. The number of benzene rings is 1. The molecule has 24 heavy (non-hydrogen) atoms. The zero-order valence-corrected chi connectivity index (χ0v) is 14.8. The van der Waals surface area contributed by atoms with Gasteiger partial charge >= 0.3 is 6.36 Å². The van der Waals surface area contributed by atoms with Crippen molar-refractivity contribution in [3.63, 3.8) is 0 Å². The van der Waals surface area contributed by atoms with Gasteiger partial charge in [-0.05, 0) is 12.1 Å². The van der Waals surface area contributed by atoms with E-state index in [1.807, 2.05) is 0 Å². The lowest BCUT2D eigenvalue weighted by atomic mass is 10.0. The highest BCUT2D eigenvalue weighted by Crippen LogP contribution is 2.35. The molecule has 1 aliphatic heterocycles. The standard InChI is InChI=1S/C15H19F3N2O2.2ClH/c1-3-13(20-8-6-19-7-9-20)12-5-4-11(10-14(12)21-2)22-15(16,17)18;;/h3-5,10,13,19H,1,6-9H2,2H3;2*1H/t13-;;/m0../s1. The van der Waals surface area contributed by atoms with Gasteiger partial charge in [0.25, 0.3) is 0 Å². The monoisotopic (exact) mass is 388 g/mol. The number of rotatable bonds is 5. The van der Waals surface area contributed by atoms with Crippen molar-refractivity contribution in [3.05, 3.63) is 36.4 Å². The van der Waals surface area contributed by atoms with Gasteiger partial charge < -0.3 is 14.8 Å². The van der Waals surface area contributed by atoms with Gasteiger partial charge in [-0.1, -0.05) is 6.08 Å². The van der Waals surface area contributed by atoms with Crippen LogP contribution in [0.5, 0.6) is 11.5 Å². The van der Waals surface area contributed by atoms with Gasteiger partial charge in [-0.3, -0.25) is 4.90 Å². The van der Waals surface area contributed by atoms with Crippen molar-refractivity contribution in [1.82, 2.24) is 10.2 Å². The Labute approximate surface area is 151 Å². The first-order valence-electron chi connectivity index (χ1n) is 6.95. The Morgan fingerprint density at radius 3 is 2.38 bits per heavy atom. The Bertz CT molecular complexity index is 524. The fourth-order valence-corrected chi connectivity index (χ4v) is 2.57. The Kier molecular flexibility index (Phi) is 9.50. The molecule has 0 radical (unpaired) electrons. The van der Waals surface area contributed by atoms with Gasteiger partial charge in [0.1, 0.15) is 11.5 Å². The molecule has 0 bridgehead atoms. The van der Waals surface area contributed by atoms with Crippen molar-refractivity contribution in [1.29, 1.82) is 0 Å². The van der Waals surface area contributed by atoms with Gasteiger partial charge in [-0.25, -0.2) is 0 Å². The van der Waals surface area contributed by atoms with Crippen LogP contribution in [0.3, 0.4) is 0 Å². The normalized spacial score (nSPS) is 16.3. The van der Waals surface area contributed by atoms with E-state index in [-0.39, 0.29) is 36.6 Å². The van der Waals surface area contributed by atoms with Crippen LogP contribution in [0.25, 0.3) is 0 Å². The topological polar surface area (TPSA) is 33.7 Å². The van der Waals surface area contributed by atoms with Crippen molar-refractivity contribution >= 4 is 24.8 Å². The molecule has 0 unspecified atom stereocenters. The van der Waals surface area contributed by atoms with Gasteiger partial charge in [0.2, 0.25) is 0 Å². The summed E-state index contributed by atoms with van der Waals surface area (Å²) in [7, 11) is 1.42. The van der Waals surface area contributed by atoms with E-state index < -0.39 is 6.36 Å². The van der Waals surface area contributed by atoms with Gasteiger partial charge in [0.15, 0.2) is 0 Å². The van der Waals surface area contributed by atoms with Crippen LogP contribution in [-0.2, 0) is 0 Å². The maximum atomic E-state index is 12.3. The Hall–Kier alpha value is -1.15. The average Bonchev–Trinajstić information content (AvgIpc) is 2.48. The summed E-state index contributed by atoms with van der Waals surface area (Å²) in [5, 5.41) is 3.26. The molecule has 1 fully saturated rings. The molecule has 0 saturated carbocycles. The van der Waals surface area contributed by atoms with Gasteiger partial charge in [0, 0.05) is 37.8 Å². The van der Waals surface area contributed by atoms with Gasteiger partial charge in [0.05, 0.1) is 13.2 Å². The van der Waals surface area contributed by atoms with E-state index in [4.69, 9.17) is 4.74 Å². The number of nitrogens with one attached hydrogen (secondary N) is 1. The molecule has 138 valence electrons. The van der Waals surface area contributed by atoms with E-state index in [1.54, 1.807) is 12.1 Å². The lowest BCUT2D eigenvalue weighted by Gasteiger charge is -2.34. The minimum Gasteiger partial charge on any atom is -0.496 e. The lowest BCUT2D eigenvalue weighted by Crippen LogP contribution is -2.44. The van der Waals surface area contributed by atoms with Crippen LogP contribution in [0.1, 0.15) is 11.6 Å². The molecule has 1 heterocycles. The Morgan fingerprint density at radius 2 is 1.88 bits per heavy atom. The van der Waals surface area contributed by atoms with Crippen LogP contribution in [0.15, 0.2) is 30.9 Å². The molecule has 1 aromatic carbocycles. The van der Waals surface area contributed by atoms with Gasteiger partial charge in [-0.15, -0.1) is 44.6 Å². The summed E-state index contributed by atoms with van der Waals surface area (Å²) in [4.78, 5) is 2.20. The molecule has 0 aliphatic carbocycles. The maximum absolute atomic E-state index is 12.3. The second-order valence-electron chi connectivity index (χ2n) is 4.92. The molecule has 1 atom stereocenters. The molecular formula is C15H21Cl2F3N2O2. The first-order chi connectivity index (χ1) is 10.4. The molecular weight excluding hydrogens is 368 g/mol. The molecule has 0 aromatic heterocycles. The summed E-state index contributed by atoms with van der Waals surface area (Å²) in [5.41, 5.74) is 0.772. The molecule has 1 aromatic rings. The smallest absolute Gasteiger partial charge is 0.496 e. The number of methoxy groups -OCH3 is 1. The van der Waals surface area contributed by atoms with Crippen LogP contribution >= 0.6 is 24.8 Å². The highest BCUT2D eigenvalue weighted by atomic mass is 35.5. The van der Waals surface area contributed by atoms with E-state index >= 15 is 0 Å². The van der Waals surface area contributed by atoms with Crippen LogP contribution in [0.4, 0.5) is 13.2 Å². The number of piperazine rings is 1. The van der Waals surface area contributed by atoms with E-state index in [0.29, 0.717) is 5.75 Å². The number of alkyl halides is 3. The second-order valence-corrected chi connectivity index (χ2v) is 4.92. The van der Waals surface area contributed by atoms with Crippen molar-refractivity contribution in [2.75, 3.05) is 33.3 Å². The van der Waals surface area contributed by atoms with Crippen molar-refractivity contribution in [2.24, 2.45) is 0 Å². The molecule has 1 aliphatic rings. The number of hydrogen-bond donors (Lipinski definition) is 1. The van der Waals surface area contributed by atoms with E-state index in [0.717, 1.165) is 31.7 Å². The Balaban J connectivity index is 0.00000264. The highest BCUT2D eigenvalue weighted by molar-refractivity contribution is 5.85. The fourth-order valence-electron chi connectivity index (χ4n) is 2.57. The lowest BCUT2D eigenvalue weighted by molar-refractivity contribution is -0.274. The van der Waals surface area contributed by atoms with Crippen LogP contribution < -0.4 is 14.8 Å². The number of halogens is 5. The van der Waals surface area contributed by atoms with E-state index in [2.05, 4.69) is 21.5 Å². The largest absolute Gasteiger partial charge is 0.573 e. The van der Waals surface area contributed by atoms with Crippen molar-refractivity contribution in [3.8, 4) is 11.5 Å². The molecule has 9 heteroatoms. The van der Waals surface area contributed by atoms with Gasteiger partial charge in [-0.2, -0.15) is 0 Å². The molecule has 0 amide bonds. The van der Waals surface area contributed by atoms with E-state index in [1.165, 1.54) is 19.2 Å². The summed E-state index contributed by atoms with van der Waals surface area (Å²) in [6, 6.07) is 4.02. The fraction of sp³-hybridized carbons (Fsp3) is 0.467. The van der Waals surface area contributed by atoms with E-state index in [9.17, 15) is 13.2 Å². The summed E-state index contributed by atoms with van der Waals surface area (Å²) in [6.45, 7) is 7.23.